The molecule has 0 radical (unpaired) electrons. The summed E-state index contributed by atoms with van der Waals surface area (Å²) in [4.78, 5) is 0. The van der Waals surface area contributed by atoms with Crippen molar-refractivity contribution in [3.8, 4) is 0 Å². The summed E-state index contributed by atoms with van der Waals surface area (Å²) in [5, 5.41) is 5.24. The van der Waals surface area contributed by atoms with E-state index in [4.69, 9.17) is 0 Å². The molecule has 3 heterocycles. The van der Waals surface area contributed by atoms with Crippen LogP contribution in [-0.2, 0) is 0 Å². The number of benzene rings is 2. The Bertz CT molecular complexity index is 817. The Balaban J connectivity index is 0.000000117. The van der Waals surface area contributed by atoms with Crippen LogP contribution in [0.3, 0.4) is 0 Å². The summed E-state index contributed by atoms with van der Waals surface area (Å²) in [6.45, 7) is 6.24. The van der Waals surface area contributed by atoms with E-state index in [0.29, 0.717) is 0 Å². The maximum atomic E-state index is 2.12. The van der Waals surface area contributed by atoms with E-state index in [1.165, 1.54) is 21.3 Å². The van der Waals surface area contributed by atoms with E-state index < -0.39 is 0 Å². The van der Waals surface area contributed by atoms with E-state index >= 15 is 0 Å². The fourth-order valence-corrected chi connectivity index (χ4v) is 2.65. The molecule has 0 fully saturated rings. The first-order valence-corrected chi connectivity index (χ1v) is 8.81. The Morgan fingerprint density at radius 2 is 0.846 bits per heavy atom. The van der Waals surface area contributed by atoms with E-state index in [-0.39, 0.29) is 0 Å². The van der Waals surface area contributed by atoms with Gasteiger partial charge in [-0.05, 0) is 0 Å². The van der Waals surface area contributed by atoms with Crippen LogP contribution in [-0.4, -0.2) is 20.7 Å². The summed E-state index contributed by atoms with van der Waals surface area (Å²) in [5.74, 6) is 8.12. The van der Waals surface area contributed by atoms with Gasteiger partial charge in [0.1, 0.15) is 0 Å². The quantitative estimate of drug-likeness (QED) is 0.358. The van der Waals surface area contributed by atoms with Gasteiger partial charge in [-0.2, -0.15) is 0 Å². The van der Waals surface area contributed by atoms with Crippen LogP contribution in [0.15, 0.2) is 115 Å². The molecule has 0 aliphatic carbocycles. The van der Waals surface area contributed by atoms with Crippen molar-refractivity contribution in [3.05, 3.63) is 115 Å². The Kier molecular flexibility index (Phi) is 7.10. The molecule has 0 saturated heterocycles. The Labute approximate surface area is 157 Å². The average Bonchev–Trinajstić information content (AvgIpc) is 2.76. The van der Waals surface area contributed by atoms with Crippen LogP contribution in [0.25, 0.3) is 21.3 Å². The van der Waals surface area contributed by atoms with Crippen molar-refractivity contribution in [1.82, 2.24) is 0 Å². The Morgan fingerprint density at radius 3 is 1.23 bits per heavy atom. The zero-order valence-corrected chi connectivity index (χ0v) is 14.7. The first-order valence-electron chi connectivity index (χ1n) is 8.81. The third-order valence-corrected chi connectivity index (χ3v) is 3.98. The van der Waals surface area contributed by atoms with E-state index in [1.807, 2.05) is 37.0 Å². The first-order chi connectivity index (χ1) is 12.9. The third-order valence-electron chi connectivity index (χ3n) is 3.98. The van der Waals surface area contributed by atoms with Gasteiger partial charge >= 0.3 is 157 Å². The van der Waals surface area contributed by atoms with Crippen LogP contribution in [0.5, 0.6) is 0 Å². The molecule has 0 atom stereocenters. The number of hydrogen-bond donors (Lipinski definition) is 0. The molecule has 0 nitrogen and oxygen atoms in total. The molecule has 26 heavy (non-hydrogen) atoms. The number of rotatable bonds is 0. The SMILES string of the molecule is b1cccc2ccccc12.b1cccc2ccccc12.b1ccccc1. The van der Waals surface area contributed by atoms with E-state index in [2.05, 4.69) is 98.5 Å². The molecule has 120 valence electrons. The van der Waals surface area contributed by atoms with Gasteiger partial charge in [-0.3, -0.25) is 0 Å². The summed E-state index contributed by atoms with van der Waals surface area (Å²) in [6.07, 6.45) is 0. The molecule has 2 aromatic carbocycles. The molecule has 0 saturated carbocycles. The normalized spacial score (nSPS) is 9.08. The van der Waals surface area contributed by atoms with Crippen LogP contribution >= 0.6 is 0 Å². The third kappa shape index (κ3) is 5.63. The van der Waals surface area contributed by atoms with Gasteiger partial charge in [-0.25, -0.2) is 0 Å². The fraction of sp³-hybridized carbons (Fsp3) is 0. The second-order valence-electron chi connectivity index (χ2n) is 5.85. The Hall–Kier alpha value is -2.80. The molecule has 0 amide bonds. The van der Waals surface area contributed by atoms with Gasteiger partial charge in [0.2, 0.25) is 0 Å². The molecule has 3 aromatic heterocycles. The molecule has 0 aliphatic rings. The molecule has 5 aromatic rings. The monoisotopic (exact) mass is 328 g/mol. The predicted octanol–water partition coefficient (Wildman–Crippen LogP) is 5.38. The molecule has 0 N–H and O–H groups in total. The van der Waals surface area contributed by atoms with Gasteiger partial charge in [0.25, 0.3) is 0 Å². The van der Waals surface area contributed by atoms with Crippen LogP contribution in [0.4, 0.5) is 0 Å². The minimum absolute atomic E-state index is 1.31. The molecule has 0 spiro atoms. The van der Waals surface area contributed by atoms with Crippen molar-refractivity contribution in [2.45, 2.75) is 0 Å². The summed E-state index contributed by atoms with van der Waals surface area (Å²) in [7, 11) is 0. The van der Waals surface area contributed by atoms with Crippen molar-refractivity contribution in [2.75, 3.05) is 0 Å². The summed E-state index contributed by atoms with van der Waals surface area (Å²) in [5.41, 5.74) is 0. The van der Waals surface area contributed by atoms with Gasteiger partial charge in [-0.1, -0.05) is 0 Å². The van der Waals surface area contributed by atoms with Gasteiger partial charge in [0.15, 0.2) is 0 Å². The van der Waals surface area contributed by atoms with Crippen LogP contribution in [0.2, 0.25) is 0 Å². The van der Waals surface area contributed by atoms with E-state index in [9.17, 15) is 0 Å². The van der Waals surface area contributed by atoms with Crippen molar-refractivity contribution in [2.24, 2.45) is 0 Å². The summed E-state index contributed by atoms with van der Waals surface area (Å²) in [6, 6.07) is 31.1. The van der Waals surface area contributed by atoms with Crippen molar-refractivity contribution in [1.29, 1.82) is 0 Å². The van der Waals surface area contributed by atoms with Gasteiger partial charge in [-0.15, -0.1) is 0 Å². The summed E-state index contributed by atoms with van der Waals surface area (Å²) >= 11 is 0. The Morgan fingerprint density at radius 1 is 0.385 bits per heavy atom. The number of hydrogen-bond acceptors (Lipinski definition) is 0. The molecule has 0 unspecified atom stereocenters. The minimum atomic E-state index is 1.31. The van der Waals surface area contributed by atoms with E-state index in [1.54, 1.807) is 0 Å². The second kappa shape index (κ2) is 10.3. The predicted molar refractivity (Wildman–Crippen MR) is 118 cm³/mol. The average molecular weight is 328 g/mol. The van der Waals surface area contributed by atoms with Gasteiger partial charge < -0.3 is 0 Å². The van der Waals surface area contributed by atoms with Crippen molar-refractivity contribution >= 4 is 42.1 Å². The van der Waals surface area contributed by atoms with Crippen LogP contribution in [0.1, 0.15) is 0 Å². The standard InChI is InChI=1S/2C9H7B.C5H5B/c2*1-2-6-9-8(4-1)5-3-7-10-9;1-2-4-6-5-3-1/h2*1-7H;1-5H. The molecule has 0 bridgehead atoms. The van der Waals surface area contributed by atoms with Crippen molar-refractivity contribution < 1.29 is 0 Å². The number of fused-ring (bicyclic) bond motifs is 2. The van der Waals surface area contributed by atoms with Crippen LogP contribution in [0, 0.1) is 0 Å². The van der Waals surface area contributed by atoms with Gasteiger partial charge in [0.05, 0.1) is 0 Å². The van der Waals surface area contributed by atoms with E-state index in [0.717, 1.165) is 0 Å². The van der Waals surface area contributed by atoms with Crippen molar-refractivity contribution in [3.63, 3.8) is 0 Å². The van der Waals surface area contributed by atoms with Crippen LogP contribution < -0.4 is 0 Å². The van der Waals surface area contributed by atoms with Gasteiger partial charge in [0, 0.05) is 0 Å². The fourth-order valence-electron chi connectivity index (χ4n) is 2.65. The molecular weight excluding hydrogens is 309 g/mol. The maximum absolute atomic E-state index is 2.12. The first kappa shape index (κ1) is 18.0. The molecule has 0 aliphatic heterocycles. The zero-order valence-electron chi connectivity index (χ0n) is 14.7. The molecule has 5 rings (SSSR count). The molecule has 3 heteroatoms. The summed E-state index contributed by atoms with van der Waals surface area (Å²) < 4.78 is 0. The topological polar surface area (TPSA) is 0 Å². The zero-order chi connectivity index (χ0) is 17.9. The molecular formula is C23H19B3. The second-order valence-corrected chi connectivity index (χ2v) is 5.85.